The molecule has 0 spiro atoms. The van der Waals surface area contributed by atoms with Crippen molar-refractivity contribution in [3.05, 3.63) is 12.2 Å². The summed E-state index contributed by atoms with van der Waals surface area (Å²) in [5.41, 5.74) is 0.582. The van der Waals surface area contributed by atoms with Crippen molar-refractivity contribution in [1.29, 1.82) is 0 Å². The van der Waals surface area contributed by atoms with E-state index in [1.54, 1.807) is 0 Å². The van der Waals surface area contributed by atoms with Crippen LogP contribution in [-0.2, 0) is 49.4 Å². The molecule has 6 aliphatic heterocycles. The number of hydrogen-bond donors (Lipinski definition) is 0. The Hall–Kier alpha value is 0.995. The molecule has 6 saturated heterocycles. The summed E-state index contributed by atoms with van der Waals surface area (Å²) in [4.78, 5) is 0. The van der Waals surface area contributed by atoms with Crippen LogP contribution < -0.4 is 0 Å². The minimum absolute atomic E-state index is 0.00136. The van der Waals surface area contributed by atoms with E-state index in [4.69, 9.17) is 49.4 Å². The van der Waals surface area contributed by atoms with Crippen LogP contribution in [0.15, 0.2) is 12.2 Å². The van der Waals surface area contributed by atoms with Crippen LogP contribution in [0.5, 0.6) is 0 Å². The highest BCUT2D eigenvalue weighted by atomic mass is 28.6. The van der Waals surface area contributed by atoms with Gasteiger partial charge in [0.15, 0.2) is 0 Å². The Balaban J connectivity index is 1.14. The molecule has 1 unspecified atom stereocenters. The van der Waals surface area contributed by atoms with Crippen LogP contribution in [0, 0.1) is 0 Å². The van der Waals surface area contributed by atoms with Crippen LogP contribution in [0.3, 0.4) is 0 Å². The van der Waals surface area contributed by atoms with E-state index in [9.17, 15) is 0 Å². The fraction of sp³-hybridized carbons (Fsp3) is 0.951. The van der Waals surface area contributed by atoms with Gasteiger partial charge in [-0.1, -0.05) is 102 Å². The molecule has 1 atom stereocenters. The van der Waals surface area contributed by atoms with Gasteiger partial charge < -0.3 is 49.4 Å². The largest absolute Gasteiger partial charge is 0.482 e. The number of hydrogen-bond acceptors (Lipinski definition) is 12. The van der Waals surface area contributed by atoms with Gasteiger partial charge in [0.25, 0.3) is 0 Å². The first-order chi connectivity index (χ1) is 29.8. The maximum absolute atomic E-state index is 8.51. The average molecular weight is 982 g/mol. The van der Waals surface area contributed by atoms with E-state index in [0.29, 0.717) is 0 Å². The maximum atomic E-state index is 8.51. The minimum atomic E-state index is -3.94. The van der Waals surface area contributed by atoms with Gasteiger partial charge >= 0.3 is 70.4 Å². The Morgan fingerprint density at radius 2 is 0.393 bits per heavy atom. The van der Waals surface area contributed by atoms with Gasteiger partial charge in [0, 0.05) is 44.3 Å². The second kappa shape index (κ2) is 15.8. The lowest BCUT2D eigenvalue weighted by molar-refractivity contribution is -0.0481. The zero-order valence-corrected chi connectivity index (χ0v) is 44.6. The van der Waals surface area contributed by atoms with Crippen molar-refractivity contribution in [1.82, 2.24) is 0 Å². The molecule has 0 amide bonds. The Morgan fingerprint density at radius 1 is 0.213 bits per heavy atom. The van der Waals surface area contributed by atoms with Gasteiger partial charge in [-0.05, 0) is 109 Å². The molecule has 14 aliphatic rings. The SMILES string of the molecule is C1=CCC([Si]23O[Si]4(C5CCCC5)O[Si]5(C6CCCC6)O[Si](C6CCCC6)(O2)O[Si]2(C6CCCC6)O[Si](C6CCCC6)(O3)O[Si](C3CCCC3)(O4)O[Si](C3CCCC3)(O5)O2)CC1. The van der Waals surface area contributed by atoms with Gasteiger partial charge in [-0.25, -0.2) is 0 Å². The molecule has 14 rings (SSSR count). The minimum Gasteiger partial charge on any atom is -0.373 e. The highest BCUT2D eigenvalue weighted by Crippen LogP contribution is 2.67. The van der Waals surface area contributed by atoms with Crippen molar-refractivity contribution in [2.45, 2.75) is 243 Å². The van der Waals surface area contributed by atoms with Crippen molar-refractivity contribution in [3.63, 3.8) is 0 Å². The smallest absolute Gasteiger partial charge is 0.373 e. The lowest BCUT2D eigenvalue weighted by atomic mass is 10.1. The molecule has 0 aromatic carbocycles. The van der Waals surface area contributed by atoms with Gasteiger partial charge in [0.1, 0.15) is 0 Å². The maximum Gasteiger partial charge on any atom is 0.482 e. The molecule has 61 heavy (non-hydrogen) atoms. The molecular formula is C41H72O12Si8. The van der Waals surface area contributed by atoms with Crippen molar-refractivity contribution in [2.24, 2.45) is 0 Å². The highest BCUT2D eigenvalue weighted by Gasteiger charge is 2.88. The number of allylic oxidation sites excluding steroid dienone is 2. The molecule has 8 bridgehead atoms. The van der Waals surface area contributed by atoms with Crippen LogP contribution in [0.2, 0.25) is 44.3 Å². The zero-order valence-electron chi connectivity index (χ0n) is 36.6. The third-order valence-corrected chi connectivity index (χ3v) is 58.0. The summed E-state index contributed by atoms with van der Waals surface area (Å²) < 4.78 is 102. The molecular weight excluding hydrogens is 909 g/mol. The first-order valence-electron chi connectivity index (χ1n) is 25.9. The fourth-order valence-corrected chi connectivity index (χ4v) is 71.7. The van der Waals surface area contributed by atoms with Crippen LogP contribution in [-0.4, -0.2) is 70.4 Å². The van der Waals surface area contributed by atoms with Crippen LogP contribution in [0.25, 0.3) is 0 Å². The lowest BCUT2D eigenvalue weighted by Gasteiger charge is -2.67. The van der Waals surface area contributed by atoms with Gasteiger partial charge in [-0.3, -0.25) is 0 Å². The molecule has 6 heterocycles. The molecule has 0 aromatic rings. The standard InChI is InChI=1S/C41H72O12Si8/c1-2-18-34(19-3-1)54-42-55(35-20-4-5-21-35)45-58(38-26-10-11-27-38)47-56(43-54,36-22-6-7-23-36)49-60(40-30-14-15-31-40)50-57(44-54,37-24-8-9-25-37)48-59(46-55,39-28-12-13-29-39)52-61(51-58,53-60)41-32-16-17-33-41/h1-2,34-41H,3-33H2. The van der Waals surface area contributed by atoms with Gasteiger partial charge in [0.05, 0.1) is 0 Å². The Kier molecular flexibility index (Phi) is 10.9. The van der Waals surface area contributed by atoms with E-state index < -0.39 is 70.4 Å². The lowest BCUT2D eigenvalue weighted by Crippen LogP contribution is -2.91. The molecule has 13 fully saturated rings. The quantitative estimate of drug-likeness (QED) is 0.171. The second-order valence-corrected chi connectivity index (χ2v) is 47.9. The van der Waals surface area contributed by atoms with E-state index in [2.05, 4.69) is 12.2 Å². The topological polar surface area (TPSA) is 111 Å². The van der Waals surface area contributed by atoms with Crippen LogP contribution in [0.1, 0.15) is 199 Å². The molecule has 0 N–H and O–H groups in total. The predicted molar refractivity (Wildman–Crippen MR) is 241 cm³/mol. The molecule has 0 radical (unpaired) electrons. The monoisotopic (exact) mass is 980 g/mol. The highest BCUT2D eigenvalue weighted by molar-refractivity contribution is 7.04. The summed E-state index contributed by atoms with van der Waals surface area (Å²) in [6.07, 6.45) is 37.2. The second-order valence-electron chi connectivity index (χ2n) is 21.9. The summed E-state index contributed by atoms with van der Waals surface area (Å²) >= 11 is 0. The molecule has 340 valence electrons. The zero-order chi connectivity index (χ0) is 40.4. The third kappa shape index (κ3) is 6.70. The fourth-order valence-electron chi connectivity index (χ4n) is 14.9. The van der Waals surface area contributed by atoms with Crippen molar-refractivity contribution < 1.29 is 49.4 Å². The van der Waals surface area contributed by atoms with Crippen LogP contribution >= 0.6 is 0 Å². The summed E-state index contributed by atoms with van der Waals surface area (Å²) in [5.74, 6) is 0. The first kappa shape index (κ1) is 42.1. The summed E-state index contributed by atoms with van der Waals surface area (Å²) in [5, 5.41) is 0. The van der Waals surface area contributed by atoms with Crippen molar-refractivity contribution >= 4 is 70.4 Å². The number of rotatable bonds is 8. The third-order valence-electron chi connectivity index (χ3n) is 18.2. The van der Waals surface area contributed by atoms with Gasteiger partial charge in [-0.15, -0.1) is 0 Å². The molecule has 7 saturated carbocycles. The Labute approximate surface area is 373 Å². The average Bonchev–Trinajstić information content (AvgIpc) is 4.09. The Morgan fingerprint density at radius 3 is 0.557 bits per heavy atom. The van der Waals surface area contributed by atoms with E-state index in [0.717, 1.165) is 199 Å². The van der Waals surface area contributed by atoms with E-state index in [1.807, 2.05) is 0 Å². The van der Waals surface area contributed by atoms with E-state index in [1.165, 1.54) is 0 Å². The molecule has 20 heteroatoms. The summed E-state index contributed by atoms with van der Waals surface area (Å²) in [6, 6.07) is 0. The molecule has 8 aliphatic carbocycles. The Bertz CT molecular complexity index is 1500. The normalized spacial score (nSPS) is 50.6. The summed E-state index contributed by atoms with van der Waals surface area (Å²) in [7, 11) is -31.1. The van der Waals surface area contributed by atoms with Crippen LogP contribution in [0.4, 0.5) is 0 Å². The van der Waals surface area contributed by atoms with Gasteiger partial charge in [-0.2, -0.15) is 0 Å². The predicted octanol–water partition coefficient (Wildman–Crippen LogP) is 11.5. The van der Waals surface area contributed by atoms with E-state index in [-0.39, 0.29) is 44.3 Å². The molecule has 12 nitrogen and oxygen atoms in total. The first-order valence-corrected chi connectivity index (χ1v) is 40.3. The van der Waals surface area contributed by atoms with Gasteiger partial charge in [0.2, 0.25) is 0 Å². The van der Waals surface area contributed by atoms with Crippen molar-refractivity contribution in [2.75, 3.05) is 0 Å². The van der Waals surface area contributed by atoms with E-state index >= 15 is 0 Å². The van der Waals surface area contributed by atoms with Crippen molar-refractivity contribution in [3.8, 4) is 0 Å². The molecule has 0 aromatic heterocycles. The summed E-state index contributed by atoms with van der Waals surface area (Å²) in [6.45, 7) is 0.